The predicted octanol–water partition coefficient (Wildman–Crippen LogP) is 2.01. The average molecular weight is 436 g/mol. The first-order chi connectivity index (χ1) is 15.3. The monoisotopic (exact) mass is 435 g/mol. The number of primary amides is 1. The van der Waals surface area contributed by atoms with E-state index in [2.05, 4.69) is 20.4 Å². The van der Waals surface area contributed by atoms with Gasteiger partial charge in [-0.2, -0.15) is 0 Å². The van der Waals surface area contributed by atoms with Crippen molar-refractivity contribution in [2.24, 2.45) is 16.3 Å². The van der Waals surface area contributed by atoms with Gasteiger partial charge in [-0.3, -0.25) is 9.59 Å². The van der Waals surface area contributed by atoms with Gasteiger partial charge in [0.25, 0.3) is 5.91 Å². The van der Waals surface area contributed by atoms with Gasteiger partial charge in [-0.25, -0.2) is 9.78 Å². The van der Waals surface area contributed by atoms with Gasteiger partial charge in [0.05, 0.1) is 6.21 Å². The van der Waals surface area contributed by atoms with E-state index in [-0.39, 0.29) is 33.4 Å². The van der Waals surface area contributed by atoms with Crippen LogP contribution in [0.25, 0.3) is 11.0 Å². The number of aromatic amines is 1. The minimum atomic E-state index is -0.597. The third-order valence-corrected chi connectivity index (χ3v) is 7.11. The second-order valence-electron chi connectivity index (χ2n) is 9.44. The van der Waals surface area contributed by atoms with Crippen molar-refractivity contribution in [3.05, 3.63) is 40.9 Å². The molecular formula is C23H27N6O3+. The van der Waals surface area contributed by atoms with Crippen LogP contribution in [0.3, 0.4) is 0 Å². The maximum atomic E-state index is 13.9. The molecule has 1 saturated heterocycles. The topological polar surface area (TPSA) is 130 Å². The standard InChI is InChI=1S/C23H26N6O3/c1-13(2)29(22(32)15-7-14-8-17(20(24)31)28-21(14)26-11-15)19-16(12-27-29)9-23(10-18(19)30)3-5-25-6-4-23/h7-8,11-13,25H,3-6,9-10H2,1-2H3,(H2-,24,26,28,31,32)/p+1. The van der Waals surface area contributed by atoms with Crippen LogP contribution in [-0.2, 0) is 4.79 Å². The molecule has 0 radical (unpaired) electrons. The molecule has 4 N–H and O–H groups in total. The van der Waals surface area contributed by atoms with Crippen molar-refractivity contribution in [1.82, 2.24) is 15.3 Å². The lowest BCUT2D eigenvalue weighted by Gasteiger charge is -2.41. The number of allylic oxidation sites excluding steroid dienone is 2. The number of hydrogen-bond donors (Lipinski definition) is 3. The number of nitrogens with two attached hydrogens (primary N) is 1. The van der Waals surface area contributed by atoms with Crippen molar-refractivity contribution in [2.45, 2.75) is 45.6 Å². The van der Waals surface area contributed by atoms with Gasteiger partial charge >= 0.3 is 5.91 Å². The predicted molar refractivity (Wildman–Crippen MR) is 119 cm³/mol. The summed E-state index contributed by atoms with van der Waals surface area (Å²) in [5.41, 5.74) is 7.73. The molecule has 3 aliphatic rings. The Bertz CT molecular complexity index is 1220. The quantitative estimate of drug-likeness (QED) is 0.635. The minimum Gasteiger partial charge on any atom is -0.364 e. The Hall–Kier alpha value is -3.17. The summed E-state index contributed by atoms with van der Waals surface area (Å²) in [4.78, 5) is 46.0. The van der Waals surface area contributed by atoms with Crippen LogP contribution in [0.15, 0.2) is 34.7 Å². The zero-order valence-electron chi connectivity index (χ0n) is 18.3. The molecule has 166 valence electrons. The van der Waals surface area contributed by atoms with Crippen molar-refractivity contribution in [3.63, 3.8) is 0 Å². The second-order valence-corrected chi connectivity index (χ2v) is 9.44. The fourth-order valence-electron chi connectivity index (χ4n) is 5.44. The molecule has 2 aliphatic heterocycles. The fraction of sp³-hybridized carbons (Fsp3) is 0.435. The van der Waals surface area contributed by atoms with E-state index in [0.29, 0.717) is 28.7 Å². The number of fused-ring (bicyclic) bond motifs is 1. The van der Waals surface area contributed by atoms with Crippen molar-refractivity contribution in [3.8, 4) is 0 Å². The molecule has 2 aromatic heterocycles. The Morgan fingerprint density at radius 1 is 1.19 bits per heavy atom. The molecule has 2 aromatic rings. The first-order valence-electron chi connectivity index (χ1n) is 11.0. The van der Waals surface area contributed by atoms with E-state index in [1.54, 1.807) is 18.3 Å². The summed E-state index contributed by atoms with van der Waals surface area (Å²) in [7, 11) is 0. The van der Waals surface area contributed by atoms with Crippen LogP contribution in [0.2, 0.25) is 0 Å². The second kappa shape index (κ2) is 7.18. The molecule has 32 heavy (non-hydrogen) atoms. The number of aromatic nitrogens is 2. The van der Waals surface area contributed by atoms with Gasteiger partial charge in [0, 0.05) is 23.6 Å². The normalized spacial score (nSPS) is 24.5. The highest BCUT2D eigenvalue weighted by molar-refractivity contribution is 6.06. The molecule has 0 aromatic carbocycles. The van der Waals surface area contributed by atoms with E-state index in [4.69, 9.17) is 5.73 Å². The van der Waals surface area contributed by atoms with Crippen LogP contribution < -0.4 is 11.1 Å². The number of rotatable bonds is 3. The highest BCUT2D eigenvalue weighted by atomic mass is 16.2. The van der Waals surface area contributed by atoms with Crippen LogP contribution in [0.5, 0.6) is 0 Å². The SMILES string of the molecule is CC(C)[N+]1(C(=O)c2cnc3[nH]c(C(N)=O)cc3c2)N=CC2=C1C(=O)CC1(CCNCC1)C2. The summed E-state index contributed by atoms with van der Waals surface area (Å²) < 4.78 is -0.372. The molecule has 0 bridgehead atoms. The number of Topliss-reactive ketones (excluding diaryl/α,β-unsaturated/α-hetero) is 1. The van der Waals surface area contributed by atoms with Crippen LogP contribution in [0, 0.1) is 5.41 Å². The number of H-pyrrole nitrogens is 1. The number of carbonyl (C=O) groups is 3. The number of carbonyl (C=O) groups excluding carboxylic acids is 3. The lowest BCUT2D eigenvalue weighted by molar-refractivity contribution is -0.833. The number of quaternary nitrogens is 1. The summed E-state index contributed by atoms with van der Waals surface area (Å²) in [6, 6.07) is 2.98. The molecule has 9 heteroatoms. The van der Waals surface area contributed by atoms with Gasteiger partial charge in [0.15, 0.2) is 0 Å². The van der Waals surface area contributed by atoms with Gasteiger partial charge in [-0.1, -0.05) is 9.69 Å². The summed E-state index contributed by atoms with van der Waals surface area (Å²) >= 11 is 0. The Morgan fingerprint density at radius 2 is 1.94 bits per heavy atom. The van der Waals surface area contributed by atoms with Gasteiger partial charge < -0.3 is 16.0 Å². The number of pyridine rings is 1. The van der Waals surface area contributed by atoms with Gasteiger partial charge in [-0.15, -0.1) is 0 Å². The summed E-state index contributed by atoms with van der Waals surface area (Å²) in [5, 5.41) is 8.65. The number of nitrogens with zero attached hydrogens (tertiary/aromatic N) is 3. The Morgan fingerprint density at radius 3 is 2.62 bits per heavy atom. The van der Waals surface area contributed by atoms with E-state index in [0.717, 1.165) is 37.9 Å². The molecule has 1 fully saturated rings. The smallest absolute Gasteiger partial charge is 0.364 e. The third kappa shape index (κ3) is 2.96. The van der Waals surface area contributed by atoms with Crippen molar-refractivity contribution in [2.75, 3.05) is 13.1 Å². The Balaban J connectivity index is 1.57. The fourth-order valence-corrected chi connectivity index (χ4v) is 5.44. The highest BCUT2D eigenvalue weighted by Gasteiger charge is 2.57. The summed E-state index contributed by atoms with van der Waals surface area (Å²) in [6.07, 6.45) is 6.33. The van der Waals surface area contributed by atoms with Crippen LogP contribution in [0.1, 0.15) is 60.4 Å². The maximum absolute atomic E-state index is 13.9. The molecular weight excluding hydrogens is 408 g/mol. The van der Waals surface area contributed by atoms with E-state index < -0.39 is 5.91 Å². The molecule has 1 spiro atoms. The molecule has 4 heterocycles. The average Bonchev–Trinajstić information content (AvgIpc) is 3.35. The summed E-state index contributed by atoms with van der Waals surface area (Å²) in [5.74, 6) is -0.883. The number of amides is 2. The maximum Gasteiger partial charge on any atom is 0.379 e. The van der Waals surface area contributed by atoms with Crippen molar-refractivity contribution >= 4 is 34.8 Å². The molecule has 5 rings (SSSR count). The van der Waals surface area contributed by atoms with Crippen LogP contribution >= 0.6 is 0 Å². The Labute approximate surface area is 185 Å². The van der Waals surface area contributed by atoms with E-state index in [1.165, 1.54) is 6.20 Å². The van der Waals surface area contributed by atoms with E-state index in [9.17, 15) is 14.4 Å². The molecule has 1 unspecified atom stereocenters. The molecule has 9 nitrogen and oxygen atoms in total. The third-order valence-electron chi connectivity index (χ3n) is 7.11. The number of hydrogen-bond acceptors (Lipinski definition) is 6. The van der Waals surface area contributed by atoms with Gasteiger partial charge in [-0.05, 0) is 63.7 Å². The first-order valence-corrected chi connectivity index (χ1v) is 11.0. The highest BCUT2D eigenvalue weighted by Crippen LogP contribution is 2.48. The molecule has 0 saturated carbocycles. The molecule has 2 amide bonds. The number of nitrogens with one attached hydrogen (secondary N) is 2. The zero-order valence-corrected chi connectivity index (χ0v) is 18.3. The lowest BCUT2D eigenvalue weighted by atomic mass is 9.67. The van der Waals surface area contributed by atoms with Gasteiger partial charge in [0.2, 0.25) is 11.5 Å². The zero-order chi connectivity index (χ0) is 22.7. The van der Waals surface area contributed by atoms with Crippen molar-refractivity contribution in [1.29, 1.82) is 0 Å². The number of ketones is 1. The Kier molecular flexibility index (Phi) is 4.65. The molecule has 1 atom stereocenters. The number of piperidine rings is 1. The first kappa shape index (κ1) is 20.7. The summed E-state index contributed by atoms with van der Waals surface area (Å²) in [6.45, 7) is 5.62. The largest absolute Gasteiger partial charge is 0.379 e. The lowest BCUT2D eigenvalue weighted by Crippen LogP contribution is -2.54. The minimum absolute atomic E-state index is 0.0133. The van der Waals surface area contributed by atoms with Crippen molar-refractivity contribution < 1.29 is 19.0 Å². The van der Waals surface area contributed by atoms with Gasteiger partial charge in [0.1, 0.15) is 22.9 Å². The van der Waals surface area contributed by atoms with E-state index >= 15 is 0 Å². The van der Waals surface area contributed by atoms with Crippen LogP contribution in [0.4, 0.5) is 0 Å². The van der Waals surface area contributed by atoms with Crippen LogP contribution in [-0.4, -0.2) is 57.5 Å². The molecule has 1 aliphatic carbocycles. The van der Waals surface area contributed by atoms with E-state index in [1.807, 2.05) is 13.8 Å².